The third-order valence-corrected chi connectivity index (χ3v) is 7.32. The Morgan fingerprint density at radius 1 is 0.806 bits per heavy atom. The number of rotatable bonds is 4. The van der Waals surface area contributed by atoms with Gasteiger partial charge in [-0.05, 0) is 50.1 Å². The molecule has 1 fully saturated rings. The summed E-state index contributed by atoms with van der Waals surface area (Å²) in [6.45, 7) is 9.37. The molecule has 1 aliphatic rings. The second-order valence-corrected chi connectivity index (χ2v) is 9.79. The van der Waals surface area contributed by atoms with Gasteiger partial charge in [0.1, 0.15) is 12.1 Å². The lowest BCUT2D eigenvalue weighted by molar-refractivity contribution is 0.548. The van der Waals surface area contributed by atoms with Crippen LogP contribution in [0.25, 0.3) is 27.8 Å². The topological polar surface area (TPSA) is 37.2 Å². The molecule has 0 aliphatic carbocycles. The molecule has 1 aliphatic heterocycles. The Labute approximate surface area is 212 Å². The van der Waals surface area contributed by atoms with Crippen LogP contribution in [-0.2, 0) is 0 Å². The van der Waals surface area contributed by atoms with E-state index in [-0.39, 0.29) is 0 Å². The summed E-state index contributed by atoms with van der Waals surface area (Å²) in [6, 6.07) is 28.3. The van der Waals surface area contributed by atoms with Gasteiger partial charge < -0.3 is 14.4 Å². The van der Waals surface area contributed by atoms with E-state index < -0.39 is 0 Å². The van der Waals surface area contributed by atoms with Crippen molar-refractivity contribution >= 4 is 22.5 Å². The fourth-order valence-corrected chi connectivity index (χ4v) is 5.41. The lowest BCUT2D eigenvalue weighted by atomic mass is 10.1. The summed E-state index contributed by atoms with van der Waals surface area (Å²) < 4.78 is 2.23. The largest absolute Gasteiger partial charge is 0.365 e. The quantitative estimate of drug-likeness (QED) is 0.302. The van der Waals surface area contributed by atoms with E-state index in [9.17, 15) is 0 Å². The molecule has 0 radical (unpaired) electrons. The van der Waals surface area contributed by atoms with Crippen LogP contribution >= 0.6 is 0 Å². The predicted molar refractivity (Wildman–Crippen MR) is 149 cm³/mol. The van der Waals surface area contributed by atoms with Crippen molar-refractivity contribution in [1.29, 1.82) is 0 Å². The van der Waals surface area contributed by atoms with E-state index in [1.54, 1.807) is 6.33 Å². The first-order valence-electron chi connectivity index (χ1n) is 12.7. The standard InChI is InChI=1S/C31H31N5/c1-22-13-15-26(16-14-22)35-18-17-34(19-24(35)3)30-29-27(25-10-5-4-6-11-25)20-36(31(29)33-21-32-30)28-12-8-7-9-23(28)2/h4-16,20-21,24H,17-19H2,1-3H3. The number of piperazine rings is 1. The Kier molecular flexibility index (Phi) is 5.68. The highest BCUT2D eigenvalue weighted by Crippen LogP contribution is 2.38. The highest BCUT2D eigenvalue weighted by atomic mass is 15.3. The molecule has 0 amide bonds. The number of anilines is 2. The lowest BCUT2D eigenvalue weighted by Gasteiger charge is -2.42. The van der Waals surface area contributed by atoms with Gasteiger partial charge in [0.25, 0.3) is 0 Å². The first-order valence-corrected chi connectivity index (χ1v) is 12.7. The molecular weight excluding hydrogens is 442 g/mol. The van der Waals surface area contributed by atoms with Gasteiger partial charge in [-0.1, -0.05) is 66.2 Å². The van der Waals surface area contributed by atoms with Crippen LogP contribution in [0.5, 0.6) is 0 Å². The zero-order valence-electron chi connectivity index (χ0n) is 21.1. The van der Waals surface area contributed by atoms with Gasteiger partial charge in [0.2, 0.25) is 0 Å². The highest BCUT2D eigenvalue weighted by Gasteiger charge is 2.28. The number of hydrogen-bond acceptors (Lipinski definition) is 4. The van der Waals surface area contributed by atoms with Crippen molar-refractivity contribution in [1.82, 2.24) is 14.5 Å². The average molecular weight is 474 g/mol. The van der Waals surface area contributed by atoms with Crippen LogP contribution in [0.4, 0.5) is 11.5 Å². The van der Waals surface area contributed by atoms with Gasteiger partial charge in [-0.3, -0.25) is 0 Å². The van der Waals surface area contributed by atoms with E-state index in [1.165, 1.54) is 22.4 Å². The zero-order chi connectivity index (χ0) is 24.6. The second-order valence-electron chi connectivity index (χ2n) is 9.79. The van der Waals surface area contributed by atoms with Gasteiger partial charge in [0, 0.05) is 48.8 Å². The third-order valence-electron chi connectivity index (χ3n) is 7.32. The van der Waals surface area contributed by atoms with Gasteiger partial charge in [0.05, 0.1) is 5.39 Å². The van der Waals surface area contributed by atoms with Crippen molar-refractivity contribution in [2.24, 2.45) is 0 Å². The Bertz CT molecular complexity index is 1500. The summed E-state index contributed by atoms with van der Waals surface area (Å²) in [5, 5.41) is 1.11. The van der Waals surface area contributed by atoms with E-state index in [0.29, 0.717) is 6.04 Å². The summed E-state index contributed by atoms with van der Waals surface area (Å²) in [5.74, 6) is 1.02. The molecule has 5 heteroatoms. The minimum Gasteiger partial charge on any atom is -0.365 e. The smallest absolute Gasteiger partial charge is 0.150 e. The van der Waals surface area contributed by atoms with Crippen LogP contribution in [0.3, 0.4) is 0 Å². The minimum absolute atomic E-state index is 0.366. The molecule has 3 aromatic carbocycles. The highest BCUT2D eigenvalue weighted by molar-refractivity contribution is 6.02. The molecule has 5 aromatic rings. The van der Waals surface area contributed by atoms with Crippen LogP contribution in [0.1, 0.15) is 18.1 Å². The normalized spacial score (nSPS) is 16.0. The van der Waals surface area contributed by atoms with Crippen LogP contribution in [0.15, 0.2) is 91.4 Å². The van der Waals surface area contributed by atoms with Crippen LogP contribution in [-0.4, -0.2) is 40.2 Å². The van der Waals surface area contributed by atoms with Crippen LogP contribution < -0.4 is 9.80 Å². The summed E-state index contributed by atoms with van der Waals surface area (Å²) in [7, 11) is 0. The summed E-state index contributed by atoms with van der Waals surface area (Å²) in [6.07, 6.45) is 3.95. The molecule has 0 N–H and O–H groups in total. The van der Waals surface area contributed by atoms with E-state index in [0.717, 1.165) is 47.7 Å². The molecule has 0 saturated carbocycles. The Morgan fingerprint density at radius 2 is 1.56 bits per heavy atom. The molecule has 180 valence electrons. The molecule has 0 spiro atoms. The molecule has 2 aromatic heterocycles. The van der Waals surface area contributed by atoms with Crippen molar-refractivity contribution in [2.75, 3.05) is 29.4 Å². The molecule has 0 bridgehead atoms. The van der Waals surface area contributed by atoms with Crippen molar-refractivity contribution < 1.29 is 0 Å². The van der Waals surface area contributed by atoms with E-state index >= 15 is 0 Å². The zero-order valence-corrected chi connectivity index (χ0v) is 21.1. The van der Waals surface area contributed by atoms with E-state index in [1.807, 2.05) is 0 Å². The summed E-state index contributed by atoms with van der Waals surface area (Å²) in [5.41, 5.74) is 8.23. The second kappa shape index (κ2) is 9.15. The summed E-state index contributed by atoms with van der Waals surface area (Å²) >= 11 is 0. The molecule has 3 heterocycles. The van der Waals surface area contributed by atoms with Gasteiger partial charge in [-0.25, -0.2) is 9.97 Å². The molecule has 1 saturated heterocycles. The fourth-order valence-electron chi connectivity index (χ4n) is 5.41. The first kappa shape index (κ1) is 22.4. The van der Waals surface area contributed by atoms with Crippen LogP contribution in [0, 0.1) is 13.8 Å². The number of para-hydroxylation sites is 1. The third kappa shape index (κ3) is 3.91. The van der Waals surface area contributed by atoms with Crippen molar-refractivity contribution in [2.45, 2.75) is 26.8 Å². The maximum absolute atomic E-state index is 4.87. The molecule has 1 unspecified atom stereocenters. The van der Waals surface area contributed by atoms with Gasteiger partial charge in [-0.2, -0.15) is 0 Å². The van der Waals surface area contributed by atoms with Gasteiger partial charge >= 0.3 is 0 Å². The van der Waals surface area contributed by atoms with E-state index in [2.05, 4.69) is 120 Å². The van der Waals surface area contributed by atoms with Crippen LogP contribution in [0.2, 0.25) is 0 Å². The number of benzene rings is 3. The Hall–Kier alpha value is -4.12. The number of nitrogens with zero attached hydrogens (tertiary/aromatic N) is 5. The molecule has 5 nitrogen and oxygen atoms in total. The predicted octanol–water partition coefficient (Wildman–Crippen LogP) is 6.42. The van der Waals surface area contributed by atoms with Gasteiger partial charge in [0.15, 0.2) is 5.65 Å². The fraction of sp³-hybridized carbons (Fsp3) is 0.226. The molecule has 6 rings (SSSR count). The molecular formula is C31H31N5. The monoisotopic (exact) mass is 473 g/mol. The number of aryl methyl sites for hydroxylation is 2. The van der Waals surface area contributed by atoms with Gasteiger partial charge in [-0.15, -0.1) is 0 Å². The number of hydrogen-bond donors (Lipinski definition) is 0. The first-order chi connectivity index (χ1) is 17.6. The summed E-state index contributed by atoms with van der Waals surface area (Å²) in [4.78, 5) is 14.6. The Balaban J connectivity index is 1.45. The van der Waals surface area contributed by atoms with Crippen molar-refractivity contribution in [3.05, 3.63) is 103 Å². The SMILES string of the molecule is Cc1ccc(N2CCN(c3ncnc4c3c(-c3ccccc3)cn4-c3ccccc3C)CC2C)cc1. The van der Waals surface area contributed by atoms with Crippen molar-refractivity contribution in [3.8, 4) is 16.8 Å². The van der Waals surface area contributed by atoms with E-state index in [4.69, 9.17) is 9.97 Å². The minimum atomic E-state index is 0.366. The van der Waals surface area contributed by atoms with Crippen molar-refractivity contribution in [3.63, 3.8) is 0 Å². The Morgan fingerprint density at radius 3 is 2.31 bits per heavy atom. The maximum Gasteiger partial charge on any atom is 0.150 e. The maximum atomic E-state index is 4.87. The molecule has 1 atom stereocenters. The number of aromatic nitrogens is 3. The lowest BCUT2D eigenvalue weighted by Crippen LogP contribution is -2.52. The molecule has 36 heavy (non-hydrogen) atoms. The average Bonchev–Trinajstić information content (AvgIpc) is 3.30. The number of fused-ring (bicyclic) bond motifs is 1.